The summed E-state index contributed by atoms with van der Waals surface area (Å²) >= 11 is 0. The van der Waals surface area contributed by atoms with E-state index < -0.39 is 6.29 Å². The van der Waals surface area contributed by atoms with E-state index in [0.717, 1.165) is 19.4 Å². The highest BCUT2D eigenvalue weighted by Crippen LogP contribution is 2.25. The van der Waals surface area contributed by atoms with Crippen LogP contribution in [0.15, 0.2) is 22.6 Å². The summed E-state index contributed by atoms with van der Waals surface area (Å²) in [5.74, 6) is 1.09. The van der Waals surface area contributed by atoms with Crippen molar-refractivity contribution in [2.45, 2.75) is 38.5 Å². The van der Waals surface area contributed by atoms with Crippen LogP contribution in [0.25, 0.3) is 6.08 Å². The van der Waals surface area contributed by atoms with Crippen molar-refractivity contribution in [1.82, 2.24) is 10.2 Å². The lowest BCUT2D eigenvalue weighted by molar-refractivity contribution is -0.118. The molecule has 0 unspecified atom stereocenters. The summed E-state index contributed by atoms with van der Waals surface area (Å²) in [6, 6.07) is 3.60. The molecule has 1 aromatic heterocycles. The largest absolute Gasteiger partial charge is 0.456 e. The Morgan fingerprint density at radius 2 is 2.04 bits per heavy atom. The lowest BCUT2D eigenvalue weighted by Gasteiger charge is -2.26. The minimum Gasteiger partial charge on any atom is -0.456 e. The molecule has 1 fully saturated rings. The first kappa shape index (κ1) is 18.7. The Morgan fingerprint density at radius 1 is 1.33 bits per heavy atom. The monoisotopic (exact) mass is 336 g/mol. The molecule has 2 rings (SSSR count). The summed E-state index contributed by atoms with van der Waals surface area (Å²) in [6.45, 7) is 6.22. The fourth-order valence-electron chi connectivity index (χ4n) is 2.54. The smallest absolute Gasteiger partial charge is 0.244 e. The number of amides is 1. The normalized spacial score (nSPS) is 16.4. The van der Waals surface area contributed by atoms with E-state index in [1.165, 1.54) is 6.08 Å². The maximum atomic E-state index is 12.1. The molecule has 1 amide bonds. The van der Waals surface area contributed by atoms with Crippen LogP contribution in [0.1, 0.15) is 44.5 Å². The third-order valence-electron chi connectivity index (χ3n) is 3.77. The Kier molecular flexibility index (Phi) is 6.60. The first-order valence-corrected chi connectivity index (χ1v) is 8.34. The lowest BCUT2D eigenvalue weighted by Crippen LogP contribution is -2.42. The van der Waals surface area contributed by atoms with E-state index in [1.807, 2.05) is 27.9 Å². The van der Waals surface area contributed by atoms with Gasteiger partial charge in [-0.15, -0.1) is 0 Å². The first-order chi connectivity index (χ1) is 11.4. The number of carbonyl (C=O) groups excluding carboxylic acids is 1. The maximum absolute atomic E-state index is 12.1. The van der Waals surface area contributed by atoms with Crippen LogP contribution in [0.2, 0.25) is 0 Å². The SMILES string of the molecule is CN(C)CCCC(C)(C)NC(=O)C=Cc1ccc(C2OCCO2)o1. The van der Waals surface area contributed by atoms with Crippen molar-refractivity contribution < 1.29 is 18.7 Å². The summed E-state index contributed by atoms with van der Waals surface area (Å²) < 4.78 is 16.4. The molecule has 0 aliphatic carbocycles. The van der Waals surface area contributed by atoms with Gasteiger partial charge >= 0.3 is 0 Å². The second-order valence-electron chi connectivity index (χ2n) is 6.93. The first-order valence-electron chi connectivity index (χ1n) is 8.34. The number of nitrogens with one attached hydrogen (secondary N) is 1. The topological polar surface area (TPSA) is 63.9 Å². The van der Waals surface area contributed by atoms with Crippen molar-refractivity contribution in [3.8, 4) is 0 Å². The molecule has 1 aliphatic rings. The Morgan fingerprint density at radius 3 is 2.71 bits per heavy atom. The number of carbonyl (C=O) groups is 1. The van der Waals surface area contributed by atoms with Crippen molar-refractivity contribution in [3.05, 3.63) is 29.7 Å². The van der Waals surface area contributed by atoms with E-state index in [2.05, 4.69) is 10.2 Å². The molecule has 0 spiro atoms. The van der Waals surface area contributed by atoms with E-state index in [4.69, 9.17) is 13.9 Å². The van der Waals surface area contributed by atoms with Crippen LogP contribution in [-0.2, 0) is 14.3 Å². The van der Waals surface area contributed by atoms with Crippen LogP contribution in [0, 0.1) is 0 Å². The zero-order valence-electron chi connectivity index (χ0n) is 15.0. The molecule has 0 saturated carbocycles. The van der Waals surface area contributed by atoms with Gasteiger partial charge in [0.15, 0.2) is 5.76 Å². The fraction of sp³-hybridized carbons (Fsp3) is 0.611. The fourth-order valence-corrected chi connectivity index (χ4v) is 2.54. The predicted molar refractivity (Wildman–Crippen MR) is 92.4 cm³/mol. The zero-order chi connectivity index (χ0) is 17.6. The van der Waals surface area contributed by atoms with Crippen LogP contribution >= 0.6 is 0 Å². The van der Waals surface area contributed by atoms with Crippen LogP contribution in [-0.4, -0.2) is 50.2 Å². The molecule has 1 aromatic rings. The molecule has 1 aliphatic heterocycles. The van der Waals surface area contributed by atoms with Gasteiger partial charge in [-0.3, -0.25) is 4.79 Å². The predicted octanol–water partition coefficient (Wildman–Crippen LogP) is 2.57. The van der Waals surface area contributed by atoms with Gasteiger partial charge in [0, 0.05) is 11.6 Å². The second-order valence-corrected chi connectivity index (χ2v) is 6.93. The van der Waals surface area contributed by atoms with Crippen LogP contribution in [0.4, 0.5) is 0 Å². The van der Waals surface area contributed by atoms with Gasteiger partial charge in [-0.25, -0.2) is 0 Å². The molecule has 0 atom stereocenters. The quantitative estimate of drug-likeness (QED) is 0.739. The van der Waals surface area contributed by atoms with Crippen molar-refractivity contribution in [1.29, 1.82) is 0 Å². The molecule has 24 heavy (non-hydrogen) atoms. The van der Waals surface area contributed by atoms with E-state index in [1.54, 1.807) is 18.2 Å². The third kappa shape index (κ3) is 6.11. The molecule has 6 heteroatoms. The Hall–Kier alpha value is -1.63. The van der Waals surface area contributed by atoms with Gasteiger partial charge < -0.3 is 24.1 Å². The minimum absolute atomic E-state index is 0.129. The number of hydrogen-bond acceptors (Lipinski definition) is 5. The van der Waals surface area contributed by atoms with Gasteiger partial charge in [-0.2, -0.15) is 0 Å². The summed E-state index contributed by atoms with van der Waals surface area (Å²) in [5.41, 5.74) is -0.239. The van der Waals surface area contributed by atoms with Gasteiger partial charge in [-0.05, 0) is 65.5 Å². The van der Waals surface area contributed by atoms with E-state index in [0.29, 0.717) is 24.7 Å². The lowest BCUT2D eigenvalue weighted by atomic mass is 9.98. The van der Waals surface area contributed by atoms with Crippen molar-refractivity contribution in [2.75, 3.05) is 33.9 Å². The van der Waals surface area contributed by atoms with Crippen molar-refractivity contribution >= 4 is 12.0 Å². The molecule has 6 nitrogen and oxygen atoms in total. The van der Waals surface area contributed by atoms with Gasteiger partial charge in [0.25, 0.3) is 0 Å². The maximum Gasteiger partial charge on any atom is 0.244 e. The Labute approximate surface area is 143 Å². The molecular weight excluding hydrogens is 308 g/mol. The molecule has 0 aromatic carbocycles. The van der Waals surface area contributed by atoms with Crippen molar-refractivity contribution in [3.63, 3.8) is 0 Å². The number of hydrogen-bond donors (Lipinski definition) is 1. The molecule has 0 radical (unpaired) electrons. The number of nitrogens with zero attached hydrogens (tertiary/aromatic N) is 1. The number of furan rings is 1. The standard InChI is InChI=1S/C18H28N2O4/c1-18(2,10-5-11-20(3)4)19-16(21)9-7-14-6-8-15(24-14)17-22-12-13-23-17/h6-9,17H,5,10-13H2,1-4H3,(H,19,21). The molecular formula is C18H28N2O4. The highest BCUT2D eigenvalue weighted by Gasteiger charge is 2.22. The van der Waals surface area contributed by atoms with Gasteiger partial charge in [0.1, 0.15) is 5.76 Å². The van der Waals surface area contributed by atoms with Crippen LogP contribution in [0.5, 0.6) is 0 Å². The average Bonchev–Trinajstić information content (AvgIpc) is 3.15. The van der Waals surface area contributed by atoms with E-state index in [9.17, 15) is 4.79 Å². The average molecular weight is 336 g/mol. The van der Waals surface area contributed by atoms with Crippen molar-refractivity contribution in [2.24, 2.45) is 0 Å². The highest BCUT2D eigenvalue weighted by atomic mass is 16.7. The van der Waals surface area contributed by atoms with Gasteiger partial charge in [0.2, 0.25) is 12.2 Å². The number of ether oxygens (including phenoxy) is 2. The third-order valence-corrected chi connectivity index (χ3v) is 3.77. The van der Waals surface area contributed by atoms with E-state index in [-0.39, 0.29) is 11.4 Å². The summed E-state index contributed by atoms with van der Waals surface area (Å²) in [6.07, 6.45) is 4.67. The zero-order valence-corrected chi connectivity index (χ0v) is 15.0. The van der Waals surface area contributed by atoms with E-state index >= 15 is 0 Å². The number of rotatable bonds is 8. The van der Waals surface area contributed by atoms with Crippen LogP contribution < -0.4 is 5.32 Å². The Bertz CT molecular complexity index is 557. The molecule has 134 valence electrons. The van der Waals surface area contributed by atoms with Gasteiger partial charge in [0.05, 0.1) is 13.2 Å². The minimum atomic E-state index is -0.434. The summed E-state index contributed by atoms with van der Waals surface area (Å²) in [5, 5.41) is 3.03. The summed E-state index contributed by atoms with van der Waals surface area (Å²) in [4.78, 5) is 14.2. The second kappa shape index (κ2) is 8.46. The highest BCUT2D eigenvalue weighted by molar-refractivity contribution is 5.91. The summed E-state index contributed by atoms with van der Waals surface area (Å²) in [7, 11) is 4.10. The molecule has 1 saturated heterocycles. The molecule has 0 bridgehead atoms. The Balaban J connectivity index is 1.81. The van der Waals surface area contributed by atoms with Crippen LogP contribution in [0.3, 0.4) is 0 Å². The molecule has 2 heterocycles. The molecule has 1 N–H and O–H groups in total. The van der Waals surface area contributed by atoms with Gasteiger partial charge in [-0.1, -0.05) is 0 Å².